The molecule has 2 rings (SSSR count). The van der Waals surface area contributed by atoms with E-state index in [-0.39, 0.29) is 0 Å². The predicted octanol–water partition coefficient (Wildman–Crippen LogP) is 2.27. The van der Waals surface area contributed by atoms with E-state index in [9.17, 15) is 0 Å². The van der Waals surface area contributed by atoms with Gasteiger partial charge >= 0.3 is 0 Å². The Bertz CT molecular complexity index is 440. The van der Waals surface area contributed by atoms with Crippen LogP contribution in [0.1, 0.15) is 36.1 Å². The van der Waals surface area contributed by atoms with E-state index in [0.29, 0.717) is 0 Å². The number of nitrogens with two attached hydrogens (primary N) is 1. The van der Waals surface area contributed by atoms with Gasteiger partial charge in [0.15, 0.2) is 0 Å². The van der Waals surface area contributed by atoms with Gasteiger partial charge in [-0.05, 0) is 58.7 Å². The lowest BCUT2D eigenvalue weighted by Gasteiger charge is -2.32. The number of pyridine rings is 1. The van der Waals surface area contributed by atoms with Crippen molar-refractivity contribution in [2.75, 3.05) is 26.7 Å². The quantitative estimate of drug-likeness (QED) is 0.897. The molecule has 0 amide bonds. The number of hydrogen-bond donors (Lipinski definition) is 1. The first kappa shape index (κ1) is 15.3. The van der Waals surface area contributed by atoms with Crippen molar-refractivity contribution in [1.29, 1.82) is 0 Å². The number of nitrogens with zero attached hydrogens (tertiary/aromatic N) is 2. The van der Waals surface area contributed by atoms with E-state index in [2.05, 4.69) is 16.8 Å². The number of hydrogen-bond acceptors (Lipinski definition) is 4. The zero-order valence-electron chi connectivity index (χ0n) is 13.0. The van der Waals surface area contributed by atoms with Crippen molar-refractivity contribution in [2.45, 2.75) is 39.7 Å². The fourth-order valence-corrected chi connectivity index (χ4v) is 3.11. The second kappa shape index (κ2) is 7.04. The lowest BCUT2D eigenvalue weighted by Crippen LogP contribution is -2.34. The van der Waals surface area contributed by atoms with E-state index in [1.807, 2.05) is 13.1 Å². The third kappa shape index (κ3) is 3.49. The Labute approximate surface area is 122 Å². The molecule has 0 bridgehead atoms. The second-order valence-electron chi connectivity index (χ2n) is 5.84. The molecule has 2 heterocycles. The van der Waals surface area contributed by atoms with Crippen molar-refractivity contribution in [3.8, 4) is 5.75 Å². The Hall–Kier alpha value is -1.13. The Morgan fingerprint density at radius 2 is 2.05 bits per heavy atom. The molecule has 1 saturated heterocycles. The van der Waals surface area contributed by atoms with Crippen LogP contribution in [0.25, 0.3) is 0 Å². The third-order valence-electron chi connectivity index (χ3n) is 4.41. The number of methoxy groups -OCH3 is 1. The van der Waals surface area contributed by atoms with Gasteiger partial charge in [0.25, 0.3) is 0 Å². The summed E-state index contributed by atoms with van der Waals surface area (Å²) in [7, 11) is 1.73. The van der Waals surface area contributed by atoms with Crippen LogP contribution >= 0.6 is 0 Å². The Balaban J connectivity index is 1.98. The molecule has 20 heavy (non-hydrogen) atoms. The largest absolute Gasteiger partial charge is 0.496 e. The van der Waals surface area contributed by atoms with Gasteiger partial charge in [0.1, 0.15) is 5.75 Å². The molecule has 2 N–H and O–H groups in total. The average Bonchev–Trinajstić information content (AvgIpc) is 2.45. The highest BCUT2D eigenvalue weighted by molar-refractivity contribution is 5.41. The molecular weight excluding hydrogens is 250 g/mol. The molecule has 1 fully saturated rings. The summed E-state index contributed by atoms with van der Waals surface area (Å²) in [4.78, 5) is 7.09. The zero-order chi connectivity index (χ0) is 14.5. The van der Waals surface area contributed by atoms with Crippen molar-refractivity contribution in [1.82, 2.24) is 9.88 Å². The van der Waals surface area contributed by atoms with E-state index in [0.717, 1.165) is 49.1 Å². The van der Waals surface area contributed by atoms with Gasteiger partial charge in [0.2, 0.25) is 0 Å². The van der Waals surface area contributed by atoms with Crippen LogP contribution in [-0.2, 0) is 6.54 Å². The van der Waals surface area contributed by atoms with E-state index in [1.165, 1.54) is 24.8 Å². The summed E-state index contributed by atoms with van der Waals surface area (Å²) < 4.78 is 5.48. The molecule has 1 aliphatic rings. The van der Waals surface area contributed by atoms with Gasteiger partial charge in [0, 0.05) is 23.9 Å². The molecule has 0 atom stereocenters. The molecule has 0 saturated carbocycles. The molecule has 0 radical (unpaired) electrons. The van der Waals surface area contributed by atoms with Crippen molar-refractivity contribution < 1.29 is 4.74 Å². The van der Waals surface area contributed by atoms with Gasteiger partial charge < -0.3 is 10.5 Å². The molecule has 0 spiro atoms. The Morgan fingerprint density at radius 3 is 2.65 bits per heavy atom. The van der Waals surface area contributed by atoms with Crippen molar-refractivity contribution >= 4 is 0 Å². The molecule has 0 unspecified atom stereocenters. The molecule has 0 aromatic carbocycles. The maximum Gasteiger partial charge on any atom is 0.128 e. The van der Waals surface area contributed by atoms with Crippen LogP contribution in [0.15, 0.2) is 6.20 Å². The van der Waals surface area contributed by atoms with Gasteiger partial charge in [0.05, 0.1) is 12.8 Å². The number of likely N-dealkylation sites (tertiary alicyclic amines) is 1. The molecular formula is C16H27N3O. The summed E-state index contributed by atoms with van der Waals surface area (Å²) in [5.41, 5.74) is 9.07. The van der Waals surface area contributed by atoms with Crippen LogP contribution in [0.2, 0.25) is 0 Å². The number of aryl methyl sites for hydroxylation is 1. The van der Waals surface area contributed by atoms with Gasteiger partial charge in [-0.2, -0.15) is 0 Å². The zero-order valence-corrected chi connectivity index (χ0v) is 13.0. The fourth-order valence-electron chi connectivity index (χ4n) is 3.11. The topological polar surface area (TPSA) is 51.4 Å². The first-order valence-electron chi connectivity index (χ1n) is 7.57. The molecule has 112 valence electrons. The van der Waals surface area contributed by atoms with E-state index < -0.39 is 0 Å². The van der Waals surface area contributed by atoms with Crippen molar-refractivity contribution in [3.05, 3.63) is 23.0 Å². The summed E-state index contributed by atoms with van der Waals surface area (Å²) in [6, 6.07) is 0. The summed E-state index contributed by atoms with van der Waals surface area (Å²) in [5.74, 6) is 1.80. The van der Waals surface area contributed by atoms with Gasteiger partial charge in [-0.25, -0.2) is 0 Å². The third-order valence-corrected chi connectivity index (χ3v) is 4.41. The van der Waals surface area contributed by atoms with Crippen LogP contribution in [0.5, 0.6) is 5.75 Å². The van der Waals surface area contributed by atoms with E-state index >= 15 is 0 Å². The van der Waals surface area contributed by atoms with Crippen LogP contribution in [0, 0.1) is 19.8 Å². The smallest absolute Gasteiger partial charge is 0.128 e. The summed E-state index contributed by atoms with van der Waals surface area (Å²) >= 11 is 0. The Morgan fingerprint density at radius 1 is 1.35 bits per heavy atom. The fraction of sp³-hybridized carbons (Fsp3) is 0.688. The summed E-state index contributed by atoms with van der Waals surface area (Å²) in [6.45, 7) is 8.21. The number of ether oxygens (including phenoxy) is 1. The SMILES string of the molecule is COc1c(C)cnc(CN2CCC(CCN)CC2)c1C. The molecule has 4 heteroatoms. The number of piperidine rings is 1. The molecule has 1 aliphatic heterocycles. The van der Waals surface area contributed by atoms with Crippen molar-refractivity contribution in [2.24, 2.45) is 11.7 Å². The molecule has 4 nitrogen and oxygen atoms in total. The minimum absolute atomic E-state index is 0.817. The molecule has 1 aromatic rings. The van der Waals surface area contributed by atoms with Crippen LogP contribution in [0.4, 0.5) is 0 Å². The van der Waals surface area contributed by atoms with Gasteiger partial charge in [-0.15, -0.1) is 0 Å². The highest BCUT2D eigenvalue weighted by atomic mass is 16.5. The standard InChI is InChI=1S/C16H27N3O/c1-12-10-18-15(13(2)16(12)20-3)11-19-8-5-14(4-7-17)6-9-19/h10,14H,4-9,11,17H2,1-3H3. The lowest BCUT2D eigenvalue weighted by molar-refractivity contribution is 0.171. The van der Waals surface area contributed by atoms with E-state index in [1.54, 1.807) is 7.11 Å². The minimum atomic E-state index is 0.817. The molecule has 1 aromatic heterocycles. The monoisotopic (exact) mass is 277 g/mol. The lowest BCUT2D eigenvalue weighted by atomic mass is 9.93. The number of rotatable bonds is 5. The number of aromatic nitrogens is 1. The minimum Gasteiger partial charge on any atom is -0.496 e. The van der Waals surface area contributed by atoms with Crippen molar-refractivity contribution in [3.63, 3.8) is 0 Å². The first-order valence-corrected chi connectivity index (χ1v) is 7.57. The Kier molecular flexibility index (Phi) is 5.38. The van der Waals surface area contributed by atoms with E-state index in [4.69, 9.17) is 10.5 Å². The highest BCUT2D eigenvalue weighted by Crippen LogP contribution is 2.26. The van der Waals surface area contributed by atoms with Gasteiger partial charge in [-0.3, -0.25) is 9.88 Å². The molecule has 0 aliphatic carbocycles. The first-order chi connectivity index (χ1) is 9.65. The second-order valence-corrected chi connectivity index (χ2v) is 5.84. The van der Waals surface area contributed by atoms with Gasteiger partial charge in [-0.1, -0.05) is 0 Å². The maximum absolute atomic E-state index is 5.65. The predicted molar refractivity (Wildman–Crippen MR) is 81.9 cm³/mol. The average molecular weight is 277 g/mol. The normalized spacial score (nSPS) is 17.4. The van der Waals surface area contributed by atoms with Crippen LogP contribution in [-0.4, -0.2) is 36.6 Å². The highest BCUT2D eigenvalue weighted by Gasteiger charge is 2.20. The maximum atomic E-state index is 5.65. The van der Waals surface area contributed by atoms with Crippen LogP contribution in [0.3, 0.4) is 0 Å². The summed E-state index contributed by atoms with van der Waals surface area (Å²) in [5, 5.41) is 0. The van der Waals surface area contributed by atoms with Crippen LogP contribution < -0.4 is 10.5 Å². The summed E-state index contributed by atoms with van der Waals surface area (Å²) in [6.07, 6.45) is 5.62.